The summed E-state index contributed by atoms with van der Waals surface area (Å²) < 4.78 is 15.6. The van der Waals surface area contributed by atoms with Gasteiger partial charge < -0.3 is 19.0 Å². The van der Waals surface area contributed by atoms with Crippen molar-refractivity contribution in [1.29, 1.82) is 0 Å². The van der Waals surface area contributed by atoms with Gasteiger partial charge >= 0.3 is 5.97 Å². The van der Waals surface area contributed by atoms with Gasteiger partial charge in [0.15, 0.2) is 0 Å². The first kappa shape index (κ1) is 16.0. The molecule has 0 aromatic carbocycles. The highest BCUT2D eigenvalue weighted by molar-refractivity contribution is 5.90. The lowest BCUT2D eigenvalue weighted by atomic mass is 9.94. The van der Waals surface area contributed by atoms with Crippen molar-refractivity contribution in [1.82, 2.24) is 4.90 Å². The van der Waals surface area contributed by atoms with Gasteiger partial charge in [-0.3, -0.25) is 4.90 Å². The second-order valence-corrected chi connectivity index (χ2v) is 5.68. The zero-order valence-corrected chi connectivity index (χ0v) is 12.8. The molecule has 1 N–H and O–H groups in total. The van der Waals surface area contributed by atoms with Crippen molar-refractivity contribution in [2.45, 2.75) is 31.9 Å². The molecule has 0 unspecified atom stereocenters. The highest BCUT2D eigenvalue weighted by atomic mass is 16.5. The van der Waals surface area contributed by atoms with E-state index in [1.54, 1.807) is 13.0 Å². The monoisotopic (exact) mass is 297 g/mol. The number of esters is 1. The Bertz CT molecular complexity index is 490. The second kappa shape index (κ2) is 6.60. The van der Waals surface area contributed by atoms with E-state index < -0.39 is 11.6 Å². The Labute approximate surface area is 124 Å². The first-order valence-electron chi connectivity index (χ1n) is 7.10. The van der Waals surface area contributed by atoms with Crippen molar-refractivity contribution in [3.63, 3.8) is 0 Å². The Morgan fingerprint density at radius 3 is 2.76 bits per heavy atom. The van der Waals surface area contributed by atoms with Crippen LogP contribution in [-0.4, -0.2) is 55.5 Å². The average Bonchev–Trinajstić information content (AvgIpc) is 2.78. The molecule has 6 heteroatoms. The Balaban J connectivity index is 1.96. The van der Waals surface area contributed by atoms with Crippen LogP contribution in [0.1, 0.15) is 34.7 Å². The molecule has 0 saturated carbocycles. The van der Waals surface area contributed by atoms with Crippen molar-refractivity contribution >= 4 is 5.97 Å². The SMILES string of the molecule is COC(=O)c1cc(CN(C)CC2(O)CCOCC2)oc1C. The molecule has 0 radical (unpaired) electrons. The van der Waals surface area contributed by atoms with Crippen LogP contribution in [-0.2, 0) is 16.0 Å². The van der Waals surface area contributed by atoms with Crippen LogP contribution in [0, 0.1) is 6.92 Å². The van der Waals surface area contributed by atoms with Crippen molar-refractivity contribution in [3.8, 4) is 0 Å². The lowest BCUT2D eigenvalue weighted by molar-refractivity contribution is -0.0782. The molecule has 2 heterocycles. The normalized spacial score (nSPS) is 18.0. The van der Waals surface area contributed by atoms with Gasteiger partial charge in [-0.25, -0.2) is 4.79 Å². The summed E-state index contributed by atoms with van der Waals surface area (Å²) >= 11 is 0. The molecule has 21 heavy (non-hydrogen) atoms. The highest BCUT2D eigenvalue weighted by Gasteiger charge is 2.31. The summed E-state index contributed by atoms with van der Waals surface area (Å²) in [5.41, 5.74) is -0.259. The summed E-state index contributed by atoms with van der Waals surface area (Å²) in [6.45, 7) is 4.00. The summed E-state index contributed by atoms with van der Waals surface area (Å²) in [6, 6.07) is 1.70. The molecule has 0 atom stereocenters. The third-order valence-corrected chi connectivity index (χ3v) is 3.79. The lowest BCUT2D eigenvalue weighted by Gasteiger charge is -2.35. The van der Waals surface area contributed by atoms with Gasteiger partial charge in [-0.05, 0) is 20.0 Å². The molecule has 1 aliphatic rings. The molecule has 1 fully saturated rings. The minimum Gasteiger partial charge on any atom is -0.465 e. The van der Waals surface area contributed by atoms with E-state index >= 15 is 0 Å². The molecule has 6 nitrogen and oxygen atoms in total. The Hall–Kier alpha value is -1.37. The van der Waals surface area contributed by atoms with Gasteiger partial charge in [0.1, 0.15) is 17.1 Å². The number of aliphatic hydroxyl groups is 1. The summed E-state index contributed by atoms with van der Waals surface area (Å²) in [5, 5.41) is 10.5. The fourth-order valence-corrected chi connectivity index (χ4v) is 2.67. The van der Waals surface area contributed by atoms with Gasteiger partial charge in [0.25, 0.3) is 0 Å². The number of ether oxygens (including phenoxy) is 2. The Morgan fingerprint density at radius 1 is 1.48 bits per heavy atom. The molecule has 0 spiro atoms. The maximum atomic E-state index is 11.6. The summed E-state index contributed by atoms with van der Waals surface area (Å²) in [5.74, 6) is 0.842. The predicted octanol–water partition coefficient (Wildman–Crippen LogP) is 1.35. The lowest BCUT2D eigenvalue weighted by Crippen LogP contribution is -2.45. The van der Waals surface area contributed by atoms with Crippen molar-refractivity contribution in [3.05, 3.63) is 23.2 Å². The average molecular weight is 297 g/mol. The van der Waals surface area contributed by atoms with Crippen LogP contribution in [0.3, 0.4) is 0 Å². The predicted molar refractivity (Wildman–Crippen MR) is 76.1 cm³/mol. The van der Waals surface area contributed by atoms with E-state index in [1.807, 2.05) is 11.9 Å². The molecule has 1 saturated heterocycles. The largest absolute Gasteiger partial charge is 0.465 e. The summed E-state index contributed by atoms with van der Waals surface area (Å²) in [7, 11) is 3.27. The zero-order valence-electron chi connectivity index (χ0n) is 12.8. The number of rotatable bonds is 5. The highest BCUT2D eigenvalue weighted by Crippen LogP contribution is 2.23. The number of likely N-dealkylation sites (N-methyl/N-ethyl adjacent to an activating group) is 1. The third-order valence-electron chi connectivity index (χ3n) is 3.79. The number of furan rings is 1. The molecule has 0 bridgehead atoms. The van der Waals surface area contributed by atoms with Gasteiger partial charge in [0.2, 0.25) is 0 Å². The maximum absolute atomic E-state index is 11.6. The van der Waals surface area contributed by atoms with E-state index in [9.17, 15) is 9.90 Å². The molecule has 0 aliphatic carbocycles. The van der Waals surface area contributed by atoms with E-state index in [2.05, 4.69) is 0 Å². The number of carbonyl (C=O) groups is 1. The van der Waals surface area contributed by atoms with Crippen LogP contribution >= 0.6 is 0 Å². The number of nitrogens with zero attached hydrogens (tertiary/aromatic N) is 1. The van der Waals surface area contributed by atoms with E-state index in [1.165, 1.54) is 7.11 Å². The molecular formula is C15H23NO5. The first-order chi connectivity index (χ1) is 9.93. The van der Waals surface area contributed by atoms with Crippen LogP contribution < -0.4 is 0 Å². The minimum atomic E-state index is -0.709. The van der Waals surface area contributed by atoms with Crippen LogP contribution in [0.4, 0.5) is 0 Å². The molecule has 1 aromatic rings. The van der Waals surface area contributed by atoms with E-state index in [-0.39, 0.29) is 0 Å². The molecule has 0 amide bonds. The van der Waals surface area contributed by atoms with Crippen LogP contribution in [0.2, 0.25) is 0 Å². The molecule has 118 valence electrons. The smallest absolute Gasteiger partial charge is 0.341 e. The Kier molecular flexibility index (Phi) is 5.03. The zero-order chi connectivity index (χ0) is 15.5. The molecule has 1 aliphatic heterocycles. The number of hydrogen-bond acceptors (Lipinski definition) is 6. The van der Waals surface area contributed by atoms with E-state index in [4.69, 9.17) is 13.9 Å². The fraction of sp³-hybridized carbons (Fsp3) is 0.667. The number of carbonyl (C=O) groups excluding carboxylic acids is 1. The quantitative estimate of drug-likeness (QED) is 0.827. The molecule has 2 rings (SSSR count). The molecular weight excluding hydrogens is 274 g/mol. The van der Waals surface area contributed by atoms with Crippen molar-refractivity contribution in [2.75, 3.05) is 33.9 Å². The van der Waals surface area contributed by atoms with Gasteiger partial charge in [0.05, 0.1) is 19.3 Å². The van der Waals surface area contributed by atoms with Gasteiger partial charge in [-0.15, -0.1) is 0 Å². The molecule has 1 aromatic heterocycles. The summed E-state index contributed by atoms with van der Waals surface area (Å²) in [4.78, 5) is 13.5. The maximum Gasteiger partial charge on any atom is 0.341 e. The van der Waals surface area contributed by atoms with Crippen molar-refractivity contribution in [2.24, 2.45) is 0 Å². The van der Waals surface area contributed by atoms with Crippen LogP contribution in [0.5, 0.6) is 0 Å². The topological polar surface area (TPSA) is 72.1 Å². The van der Waals surface area contributed by atoms with Crippen LogP contribution in [0.25, 0.3) is 0 Å². The van der Waals surface area contributed by atoms with Gasteiger partial charge in [0, 0.05) is 32.6 Å². The third kappa shape index (κ3) is 4.06. The Morgan fingerprint density at radius 2 is 2.14 bits per heavy atom. The standard InChI is InChI=1S/C15H23NO5/c1-11-13(14(17)19-3)8-12(21-11)9-16(2)10-15(18)4-6-20-7-5-15/h8,18H,4-7,9-10H2,1-3H3. The van der Waals surface area contributed by atoms with Gasteiger partial charge in [-0.1, -0.05) is 0 Å². The number of methoxy groups -OCH3 is 1. The van der Waals surface area contributed by atoms with Crippen molar-refractivity contribution < 1.29 is 23.8 Å². The van der Waals surface area contributed by atoms with E-state index in [0.29, 0.717) is 56.2 Å². The number of hydrogen-bond donors (Lipinski definition) is 1. The summed E-state index contributed by atoms with van der Waals surface area (Å²) in [6.07, 6.45) is 1.28. The van der Waals surface area contributed by atoms with E-state index in [0.717, 1.165) is 0 Å². The first-order valence-corrected chi connectivity index (χ1v) is 7.10. The van der Waals surface area contributed by atoms with Gasteiger partial charge in [-0.2, -0.15) is 0 Å². The second-order valence-electron chi connectivity index (χ2n) is 5.68. The number of aryl methyl sites for hydroxylation is 1. The minimum absolute atomic E-state index is 0.395. The van der Waals surface area contributed by atoms with Crippen LogP contribution in [0.15, 0.2) is 10.5 Å². The fourth-order valence-electron chi connectivity index (χ4n) is 2.67.